The summed E-state index contributed by atoms with van der Waals surface area (Å²) in [5.41, 5.74) is 3.85. The van der Waals surface area contributed by atoms with Crippen LogP contribution in [-0.2, 0) is 9.59 Å². The van der Waals surface area contributed by atoms with Crippen molar-refractivity contribution >= 4 is 23.1 Å². The van der Waals surface area contributed by atoms with Crippen LogP contribution < -0.4 is 4.90 Å². The number of aliphatic hydroxyl groups excluding tert-OH is 1. The Labute approximate surface area is 168 Å². The predicted octanol–water partition coefficient (Wildman–Crippen LogP) is 4.83. The van der Waals surface area contributed by atoms with E-state index < -0.39 is 17.7 Å². The molecule has 1 N–H and O–H groups in total. The second kappa shape index (κ2) is 7.09. The number of amides is 1. The third kappa shape index (κ3) is 3.14. The summed E-state index contributed by atoms with van der Waals surface area (Å²) in [5, 5.41) is 11.1. The first kappa shape index (κ1) is 18.7. The molecule has 29 heavy (non-hydrogen) atoms. The number of nitrogens with zero attached hydrogens (tertiary/aromatic N) is 1. The lowest BCUT2D eigenvalue weighted by Gasteiger charge is -2.23. The zero-order valence-electron chi connectivity index (χ0n) is 16.5. The largest absolute Gasteiger partial charge is 0.507 e. The first-order valence-electron chi connectivity index (χ1n) is 9.37. The zero-order valence-corrected chi connectivity index (χ0v) is 16.5. The molecule has 2 heterocycles. The summed E-state index contributed by atoms with van der Waals surface area (Å²) in [4.78, 5) is 27.4. The van der Waals surface area contributed by atoms with Gasteiger partial charge in [0.25, 0.3) is 11.7 Å². The summed E-state index contributed by atoms with van der Waals surface area (Å²) in [6, 6.07) is 15.5. The smallest absolute Gasteiger partial charge is 0.300 e. The molecule has 1 amide bonds. The second-order valence-electron chi connectivity index (χ2n) is 7.34. The van der Waals surface area contributed by atoms with Crippen molar-refractivity contribution in [2.75, 3.05) is 4.90 Å². The highest BCUT2D eigenvalue weighted by atomic mass is 16.3. The average molecular weight is 387 g/mol. The van der Waals surface area contributed by atoms with Gasteiger partial charge in [-0.25, -0.2) is 0 Å². The molecule has 2 aromatic carbocycles. The van der Waals surface area contributed by atoms with Crippen LogP contribution in [0.4, 0.5) is 5.69 Å². The third-order valence-corrected chi connectivity index (χ3v) is 5.19. The molecule has 0 aliphatic carbocycles. The monoisotopic (exact) mass is 387 g/mol. The van der Waals surface area contributed by atoms with Crippen molar-refractivity contribution in [3.05, 3.63) is 94.4 Å². The number of ketones is 1. The number of carbonyl (C=O) groups excluding carboxylic acids is 2. The molecule has 5 nitrogen and oxygen atoms in total. The fourth-order valence-electron chi connectivity index (χ4n) is 3.73. The molecule has 0 radical (unpaired) electrons. The SMILES string of the molecule is Cc1cccc(N2C(=O)C(=O)/C(=C(\O)c3cc(C)ccc3C)C2c2ccco2)c1. The summed E-state index contributed by atoms with van der Waals surface area (Å²) in [7, 11) is 0. The van der Waals surface area contributed by atoms with Gasteiger partial charge in [0, 0.05) is 11.3 Å². The third-order valence-electron chi connectivity index (χ3n) is 5.19. The fourth-order valence-corrected chi connectivity index (χ4v) is 3.73. The molecule has 5 heteroatoms. The minimum atomic E-state index is -0.841. The van der Waals surface area contributed by atoms with Crippen molar-refractivity contribution in [2.24, 2.45) is 0 Å². The maximum atomic E-state index is 13.0. The number of rotatable bonds is 3. The van der Waals surface area contributed by atoms with E-state index in [0.29, 0.717) is 17.0 Å². The van der Waals surface area contributed by atoms with Gasteiger partial charge in [-0.15, -0.1) is 0 Å². The molecule has 0 saturated carbocycles. The molecule has 1 unspecified atom stereocenters. The molecule has 1 aliphatic heterocycles. The lowest BCUT2D eigenvalue weighted by Crippen LogP contribution is -2.29. The van der Waals surface area contributed by atoms with Crippen LogP contribution in [-0.4, -0.2) is 16.8 Å². The Bertz CT molecular complexity index is 1140. The molecular weight excluding hydrogens is 366 g/mol. The normalized spacial score (nSPS) is 18.4. The predicted molar refractivity (Wildman–Crippen MR) is 111 cm³/mol. The Balaban J connectivity index is 1.97. The van der Waals surface area contributed by atoms with Crippen molar-refractivity contribution in [1.29, 1.82) is 0 Å². The number of benzene rings is 2. The molecular formula is C24H21NO4. The van der Waals surface area contributed by atoms with Crippen LogP contribution in [0.5, 0.6) is 0 Å². The van der Waals surface area contributed by atoms with Crippen LogP contribution in [0.2, 0.25) is 0 Å². The van der Waals surface area contributed by atoms with E-state index in [4.69, 9.17) is 4.42 Å². The Hall–Kier alpha value is -3.60. The number of hydrogen-bond acceptors (Lipinski definition) is 4. The molecule has 1 aromatic heterocycles. The van der Waals surface area contributed by atoms with Crippen molar-refractivity contribution in [2.45, 2.75) is 26.8 Å². The van der Waals surface area contributed by atoms with Crippen LogP contribution in [0, 0.1) is 20.8 Å². The van der Waals surface area contributed by atoms with Crippen LogP contribution >= 0.6 is 0 Å². The van der Waals surface area contributed by atoms with E-state index in [1.54, 1.807) is 18.2 Å². The standard InChI is InChI=1S/C24H21NO4/c1-14-6-4-7-17(12-14)25-21(19-8-5-11-29-19)20(23(27)24(25)28)22(26)18-13-15(2)9-10-16(18)3/h4-13,21,26H,1-3H3/b22-20-. The highest BCUT2D eigenvalue weighted by Crippen LogP contribution is 2.42. The molecule has 4 rings (SSSR count). The highest BCUT2D eigenvalue weighted by molar-refractivity contribution is 6.51. The second-order valence-corrected chi connectivity index (χ2v) is 7.34. The molecule has 3 aromatic rings. The molecule has 0 bridgehead atoms. The quantitative estimate of drug-likeness (QED) is 0.397. The number of carbonyl (C=O) groups is 2. The summed E-state index contributed by atoms with van der Waals surface area (Å²) in [5.74, 6) is -1.20. The molecule has 146 valence electrons. The van der Waals surface area contributed by atoms with Crippen LogP contribution in [0.3, 0.4) is 0 Å². The van der Waals surface area contributed by atoms with Gasteiger partial charge in [-0.1, -0.05) is 29.8 Å². The minimum absolute atomic E-state index is 0.0279. The van der Waals surface area contributed by atoms with Gasteiger partial charge in [-0.05, 0) is 62.2 Å². The molecule has 0 spiro atoms. The zero-order chi connectivity index (χ0) is 20.7. The first-order valence-corrected chi connectivity index (χ1v) is 9.37. The Morgan fingerprint density at radius 1 is 0.966 bits per heavy atom. The number of furan rings is 1. The maximum Gasteiger partial charge on any atom is 0.300 e. The van der Waals surface area contributed by atoms with Crippen molar-refractivity contribution < 1.29 is 19.1 Å². The van der Waals surface area contributed by atoms with E-state index in [-0.39, 0.29) is 11.3 Å². The van der Waals surface area contributed by atoms with Gasteiger partial charge in [0.15, 0.2) is 0 Å². The van der Waals surface area contributed by atoms with Gasteiger partial charge < -0.3 is 9.52 Å². The average Bonchev–Trinajstić information content (AvgIpc) is 3.30. The van der Waals surface area contributed by atoms with E-state index in [9.17, 15) is 14.7 Å². The number of hydrogen-bond donors (Lipinski definition) is 1. The number of Topliss-reactive ketones (excluding diaryl/α,β-unsaturated/α-hetero) is 1. The fraction of sp³-hybridized carbons (Fsp3) is 0.167. The van der Waals surface area contributed by atoms with Gasteiger partial charge in [0.1, 0.15) is 17.6 Å². The lowest BCUT2D eigenvalue weighted by molar-refractivity contribution is -0.132. The summed E-state index contributed by atoms with van der Waals surface area (Å²) in [6.07, 6.45) is 1.49. The number of aryl methyl sites for hydroxylation is 3. The highest BCUT2D eigenvalue weighted by Gasteiger charge is 2.48. The number of anilines is 1. The van der Waals surface area contributed by atoms with Gasteiger partial charge >= 0.3 is 0 Å². The summed E-state index contributed by atoms with van der Waals surface area (Å²) >= 11 is 0. The van der Waals surface area contributed by atoms with E-state index in [2.05, 4.69) is 0 Å². The van der Waals surface area contributed by atoms with Gasteiger partial charge in [-0.2, -0.15) is 0 Å². The van der Waals surface area contributed by atoms with E-state index in [1.165, 1.54) is 11.2 Å². The molecule has 1 fully saturated rings. The number of aliphatic hydroxyl groups is 1. The Morgan fingerprint density at radius 3 is 2.41 bits per heavy atom. The molecule has 1 saturated heterocycles. The van der Waals surface area contributed by atoms with Crippen LogP contribution in [0.15, 0.2) is 70.9 Å². The lowest BCUT2D eigenvalue weighted by atomic mass is 9.96. The minimum Gasteiger partial charge on any atom is -0.507 e. The summed E-state index contributed by atoms with van der Waals surface area (Å²) in [6.45, 7) is 5.68. The topological polar surface area (TPSA) is 70.8 Å². The van der Waals surface area contributed by atoms with E-state index in [0.717, 1.165) is 16.7 Å². The first-order chi connectivity index (χ1) is 13.9. The maximum absolute atomic E-state index is 13.0. The van der Waals surface area contributed by atoms with Crippen molar-refractivity contribution in [3.63, 3.8) is 0 Å². The van der Waals surface area contributed by atoms with Crippen LogP contribution in [0.25, 0.3) is 5.76 Å². The molecule has 1 aliphatic rings. The van der Waals surface area contributed by atoms with Crippen LogP contribution in [0.1, 0.15) is 34.1 Å². The van der Waals surface area contributed by atoms with Crippen molar-refractivity contribution in [3.8, 4) is 0 Å². The van der Waals surface area contributed by atoms with Gasteiger partial charge in [0.05, 0.1) is 11.8 Å². The Morgan fingerprint density at radius 2 is 1.72 bits per heavy atom. The van der Waals surface area contributed by atoms with Gasteiger partial charge in [0.2, 0.25) is 0 Å². The van der Waals surface area contributed by atoms with E-state index in [1.807, 2.05) is 57.2 Å². The van der Waals surface area contributed by atoms with Crippen molar-refractivity contribution in [1.82, 2.24) is 0 Å². The summed E-state index contributed by atoms with van der Waals surface area (Å²) < 4.78 is 5.57. The molecule has 1 atom stereocenters. The van der Waals surface area contributed by atoms with Gasteiger partial charge in [-0.3, -0.25) is 14.5 Å². The van der Waals surface area contributed by atoms with E-state index >= 15 is 0 Å². The Kier molecular flexibility index (Phi) is 4.59.